The Labute approximate surface area is 219 Å². The Kier molecular flexibility index (Phi) is 4.73. The molecule has 0 radical (unpaired) electrons. The third kappa shape index (κ3) is 3.44. The highest BCUT2D eigenvalue weighted by Crippen LogP contribution is 2.44. The smallest absolute Gasteiger partial charge is 0.520 e. The van der Waals surface area contributed by atoms with Crippen molar-refractivity contribution in [2.45, 2.75) is 0 Å². The van der Waals surface area contributed by atoms with Gasteiger partial charge in [-0.25, -0.2) is 0 Å². The van der Waals surface area contributed by atoms with Crippen LogP contribution in [0.15, 0.2) is 108 Å². The Morgan fingerprint density at radius 2 is 0.447 bits per heavy atom. The van der Waals surface area contributed by atoms with Crippen LogP contribution >= 0.6 is 0 Å². The summed E-state index contributed by atoms with van der Waals surface area (Å²) in [5.41, 5.74) is 0. The summed E-state index contributed by atoms with van der Waals surface area (Å²) >= 11 is 0. The molecule has 4 aliphatic heterocycles. The van der Waals surface area contributed by atoms with Gasteiger partial charge in [0.15, 0.2) is 0 Å². The highest BCUT2D eigenvalue weighted by Gasteiger charge is 2.60. The van der Waals surface area contributed by atoms with E-state index in [1.165, 1.54) is 0 Å². The van der Waals surface area contributed by atoms with Crippen molar-refractivity contribution in [3.05, 3.63) is 108 Å². The Morgan fingerprint density at radius 1 is 0.289 bits per heavy atom. The fraction of sp³-hybridized carbons (Fsp3) is 0. The molecule has 4 heterocycles. The molecular formula is C26H16B4O8. The van der Waals surface area contributed by atoms with Crippen molar-refractivity contribution >= 4 is 28.5 Å². The highest BCUT2D eigenvalue weighted by molar-refractivity contribution is 6.90. The quantitative estimate of drug-likeness (QED) is 0.385. The summed E-state index contributed by atoms with van der Waals surface area (Å²) in [5.74, 6) is 4.76. The van der Waals surface area contributed by atoms with Crippen LogP contribution < -0.4 is 37.2 Å². The number of rotatable bonds is 4. The molecule has 0 bridgehead atoms. The zero-order valence-corrected chi connectivity index (χ0v) is 19.8. The third-order valence-corrected chi connectivity index (χ3v) is 6.62. The van der Waals surface area contributed by atoms with Crippen molar-refractivity contribution in [2.24, 2.45) is 0 Å². The molecule has 38 heavy (non-hydrogen) atoms. The lowest BCUT2D eigenvalue weighted by molar-refractivity contribution is 0.476. The molecule has 12 heteroatoms. The van der Waals surface area contributed by atoms with Crippen LogP contribution in [0.1, 0.15) is 0 Å². The van der Waals surface area contributed by atoms with E-state index in [2.05, 4.69) is 0 Å². The Morgan fingerprint density at radius 3 is 0.605 bits per heavy atom. The summed E-state index contributed by atoms with van der Waals surface area (Å²) in [6.45, 7) is 0. The van der Waals surface area contributed by atoms with Crippen molar-refractivity contribution < 1.29 is 37.2 Å². The summed E-state index contributed by atoms with van der Waals surface area (Å²) in [6, 6.07) is 29.8. The minimum absolute atomic E-state index is 0.480. The lowest BCUT2D eigenvalue weighted by Gasteiger charge is -2.19. The predicted octanol–water partition coefficient (Wildman–Crippen LogP) is 4.28. The maximum absolute atomic E-state index is 6.27. The lowest BCUT2D eigenvalue weighted by Crippen LogP contribution is -2.51. The van der Waals surface area contributed by atoms with Gasteiger partial charge in [0.2, 0.25) is 0 Å². The molecule has 4 aromatic rings. The van der Waals surface area contributed by atoms with Crippen molar-refractivity contribution in [1.82, 2.24) is 0 Å². The Bertz CT molecular complexity index is 1270. The van der Waals surface area contributed by atoms with Gasteiger partial charge >= 0.3 is 28.5 Å². The van der Waals surface area contributed by atoms with Crippen LogP contribution in [0, 0.1) is 0 Å². The largest absolute Gasteiger partial charge is 0.626 e. The van der Waals surface area contributed by atoms with Crippen molar-refractivity contribution in [3.8, 4) is 46.0 Å². The minimum Gasteiger partial charge on any atom is -0.520 e. The molecule has 0 aromatic heterocycles. The number of fused-ring (bicyclic) bond motifs is 4. The van der Waals surface area contributed by atoms with Crippen LogP contribution in [0.4, 0.5) is 0 Å². The molecule has 8 nitrogen and oxygen atoms in total. The molecular weight excluding hydrogens is 484 g/mol. The monoisotopic (exact) mass is 500 g/mol. The van der Waals surface area contributed by atoms with Gasteiger partial charge in [-0.3, -0.25) is 0 Å². The second kappa shape index (κ2) is 8.41. The first kappa shape index (κ1) is 21.4. The molecule has 8 rings (SSSR count). The standard InChI is InChI=1S/C26H16B4O8/c1-2-10-18-17(9-1)31-27(32-18)25(28-33-19-11-3-4-12-20(19)34-28)26(29-35-21-13-5-6-14-22(21)36-29)30-37-23-15-7-8-16-24(23)38-30/h1-16H. The molecule has 4 aliphatic rings. The molecule has 0 fully saturated rings. The van der Waals surface area contributed by atoms with Gasteiger partial charge in [0.1, 0.15) is 46.0 Å². The molecule has 0 atom stereocenters. The Hall–Kier alpha value is -4.72. The van der Waals surface area contributed by atoms with Crippen LogP contribution in [0.5, 0.6) is 46.0 Å². The molecule has 0 saturated heterocycles. The molecule has 0 saturated carbocycles. The number of hydrogen-bond donors (Lipinski definition) is 0. The number of hydrogen-bond acceptors (Lipinski definition) is 8. The normalized spacial score (nSPS) is 15.3. The molecule has 4 aromatic carbocycles. The maximum atomic E-state index is 6.27. The topological polar surface area (TPSA) is 73.8 Å². The lowest BCUT2D eigenvalue weighted by atomic mass is 9.43. The summed E-state index contributed by atoms with van der Waals surface area (Å²) in [5, 5.41) is 0.959. The van der Waals surface area contributed by atoms with Gasteiger partial charge in [0.05, 0.1) is 0 Å². The molecule has 0 N–H and O–H groups in total. The summed E-state index contributed by atoms with van der Waals surface area (Å²) in [6.07, 6.45) is 0. The van der Waals surface area contributed by atoms with Crippen LogP contribution in [-0.4, -0.2) is 28.5 Å². The zero-order valence-electron chi connectivity index (χ0n) is 19.8. The first-order chi connectivity index (χ1) is 18.8. The summed E-state index contributed by atoms with van der Waals surface area (Å²) in [4.78, 5) is 0. The average Bonchev–Trinajstić information content (AvgIpc) is 3.73. The van der Waals surface area contributed by atoms with Gasteiger partial charge in [-0.2, -0.15) is 0 Å². The second-order valence-electron chi connectivity index (χ2n) is 8.97. The van der Waals surface area contributed by atoms with E-state index in [0.29, 0.717) is 56.7 Å². The predicted molar refractivity (Wildman–Crippen MR) is 141 cm³/mol. The first-order valence-electron chi connectivity index (χ1n) is 12.2. The van der Waals surface area contributed by atoms with E-state index in [0.717, 1.165) is 0 Å². The third-order valence-electron chi connectivity index (χ3n) is 6.62. The van der Waals surface area contributed by atoms with Crippen molar-refractivity contribution in [2.75, 3.05) is 0 Å². The van der Waals surface area contributed by atoms with Crippen LogP contribution in [-0.2, 0) is 0 Å². The van der Waals surface area contributed by atoms with Crippen LogP contribution in [0.3, 0.4) is 0 Å². The fourth-order valence-corrected chi connectivity index (χ4v) is 4.87. The van der Waals surface area contributed by atoms with E-state index in [1.807, 2.05) is 97.1 Å². The van der Waals surface area contributed by atoms with Gasteiger partial charge in [-0.15, -0.1) is 0 Å². The van der Waals surface area contributed by atoms with Crippen LogP contribution in [0.2, 0.25) is 0 Å². The summed E-state index contributed by atoms with van der Waals surface area (Å²) in [7, 11) is -3.69. The molecule has 0 aliphatic carbocycles. The van der Waals surface area contributed by atoms with E-state index >= 15 is 0 Å². The molecule has 180 valence electrons. The second-order valence-corrected chi connectivity index (χ2v) is 8.97. The average molecular weight is 500 g/mol. The summed E-state index contributed by atoms with van der Waals surface area (Å²) < 4.78 is 50.2. The van der Waals surface area contributed by atoms with Gasteiger partial charge in [-0.1, -0.05) is 48.5 Å². The number of para-hydroxylation sites is 8. The molecule has 0 unspecified atom stereocenters. The van der Waals surface area contributed by atoms with E-state index in [-0.39, 0.29) is 0 Å². The van der Waals surface area contributed by atoms with Crippen LogP contribution in [0.25, 0.3) is 0 Å². The first-order valence-corrected chi connectivity index (χ1v) is 12.2. The highest BCUT2D eigenvalue weighted by atomic mass is 16.7. The fourth-order valence-electron chi connectivity index (χ4n) is 4.87. The van der Waals surface area contributed by atoms with E-state index in [1.54, 1.807) is 0 Å². The minimum atomic E-state index is -0.923. The van der Waals surface area contributed by atoms with Crippen molar-refractivity contribution in [3.63, 3.8) is 0 Å². The van der Waals surface area contributed by atoms with E-state index in [4.69, 9.17) is 37.2 Å². The van der Waals surface area contributed by atoms with E-state index in [9.17, 15) is 0 Å². The van der Waals surface area contributed by atoms with Gasteiger partial charge in [-0.05, 0) is 48.5 Å². The zero-order chi connectivity index (χ0) is 25.1. The molecule has 0 spiro atoms. The molecule has 0 amide bonds. The van der Waals surface area contributed by atoms with Gasteiger partial charge < -0.3 is 37.2 Å². The number of benzene rings is 4. The van der Waals surface area contributed by atoms with E-state index < -0.39 is 28.5 Å². The SMILES string of the molecule is c1ccc2c(c1)OB(C(B1Oc3ccccc3O1)=C(B1Oc3ccccc3O1)B1Oc3ccccc3O1)O2. The van der Waals surface area contributed by atoms with Gasteiger partial charge in [0, 0.05) is 10.7 Å². The van der Waals surface area contributed by atoms with Crippen molar-refractivity contribution in [1.29, 1.82) is 0 Å². The Balaban J connectivity index is 1.27. The maximum Gasteiger partial charge on any atom is 0.626 e. The van der Waals surface area contributed by atoms with Gasteiger partial charge in [0.25, 0.3) is 0 Å².